The van der Waals surface area contributed by atoms with Crippen molar-refractivity contribution in [1.82, 2.24) is 10.0 Å². The first-order valence-electron chi connectivity index (χ1n) is 11.3. The summed E-state index contributed by atoms with van der Waals surface area (Å²) in [5.41, 5.74) is 0.208. The molecule has 1 fully saturated rings. The second-order valence-corrected chi connectivity index (χ2v) is 21.7. The molecule has 0 saturated carbocycles. The fourth-order valence-corrected chi connectivity index (χ4v) is 20.4. The van der Waals surface area contributed by atoms with Gasteiger partial charge in [0.05, 0.1) is 0 Å². The molecule has 2 N–H and O–H groups in total. The Kier molecular flexibility index (Phi) is 9.40. The van der Waals surface area contributed by atoms with Crippen LogP contribution in [0.2, 0.25) is 13.3 Å². The van der Waals surface area contributed by atoms with Crippen molar-refractivity contribution < 1.29 is 24.6 Å². The average molecular weight is 527 g/mol. The SMILES string of the molecule is CCC[CH2][Sn]([CH2]CCC)([CH2]CCC)[C]1=CN(N2C(=O)CC(O)C2=O)CC(C(=O)O)=C1. The fraction of sp³-hybridized carbons (Fsp3) is 0.682. The molecule has 30 heavy (non-hydrogen) atoms. The van der Waals surface area contributed by atoms with Gasteiger partial charge in [0.15, 0.2) is 0 Å². The fourth-order valence-electron chi connectivity index (χ4n) is 4.43. The van der Waals surface area contributed by atoms with Crippen molar-refractivity contribution in [1.29, 1.82) is 0 Å². The molecule has 2 heterocycles. The van der Waals surface area contributed by atoms with Gasteiger partial charge in [0.25, 0.3) is 0 Å². The van der Waals surface area contributed by atoms with Crippen molar-refractivity contribution in [3.05, 3.63) is 21.4 Å². The van der Waals surface area contributed by atoms with Gasteiger partial charge in [-0.25, -0.2) is 0 Å². The summed E-state index contributed by atoms with van der Waals surface area (Å²) in [5.74, 6) is -2.17. The summed E-state index contributed by atoms with van der Waals surface area (Å²) in [5, 5.41) is 22.0. The number of hydrazine groups is 1. The monoisotopic (exact) mass is 528 g/mol. The van der Waals surface area contributed by atoms with Crippen LogP contribution >= 0.6 is 0 Å². The number of carbonyl (C=O) groups is 3. The van der Waals surface area contributed by atoms with Gasteiger partial charge in [0.2, 0.25) is 0 Å². The number of aliphatic carboxylic acids is 1. The molecular formula is C22H36N2O5Sn. The molecule has 0 aromatic rings. The standard InChI is InChI=1S/C10H9N2O5.3C4H9.Sn/c13-7-4-8(14)12(9(7)15)11-3-1-2-6(5-11)10(16)17;3*1-3-4-2;/h2-3,7,13H,4-5H2,(H,16,17);3*1,3-4H2,2H3;. The Hall–Kier alpha value is -1.35. The third-order valence-corrected chi connectivity index (χ3v) is 21.7. The number of imide groups is 1. The number of aliphatic hydroxyl groups excluding tert-OH is 1. The molecule has 2 rings (SSSR count). The molecule has 8 heteroatoms. The zero-order valence-corrected chi connectivity index (χ0v) is 21.4. The van der Waals surface area contributed by atoms with E-state index in [-0.39, 0.29) is 18.5 Å². The molecule has 0 aliphatic carbocycles. The Balaban J connectivity index is 2.52. The summed E-state index contributed by atoms with van der Waals surface area (Å²) >= 11 is -2.97. The minimum absolute atomic E-state index is 0.0414. The molecule has 0 radical (unpaired) electrons. The van der Waals surface area contributed by atoms with Crippen LogP contribution < -0.4 is 0 Å². The van der Waals surface area contributed by atoms with E-state index in [1.165, 1.54) is 5.01 Å². The van der Waals surface area contributed by atoms with Crippen LogP contribution in [0.4, 0.5) is 0 Å². The Morgan fingerprint density at radius 3 is 2.00 bits per heavy atom. The van der Waals surface area contributed by atoms with Crippen LogP contribution in [0.15, 0.2) is 21.4 Å². The molecule has 2 amide bonds. The molecule has 0 aromatic carbocycles. The normalized spacial score (nSPS) is 19.9. The van der Waals surface area contributed by atoms with Gasteiger partial charge in [0, 0.05) is 0 Å². The second kappa shape index (κ2) is 11.3. The predicted molar refractivity (Wildman–Crippen MR) is 118 cm³/mol. The second-order valence-electron chi connectivity index (χ2n) is 8.51. The Morgan fingerprint density at radius 1 is 1.07 bits per heavy atom. The van der Waals surface area contributed by atoms with E-state index in [0.29, 0.717) is 0 Å². The zero-order chi connectivity index (χ0) is 22.3. The van der Waals surface area contributed by atoms with Gasteiger partial charge in [-0.3, -0.25) is 0 Å². The van der Waals surface area contributed by atoms with Crippen LogP contribution in [0, 0.1) is 0 Å². The number of carbonyl (C=O) groups excluding carboxylic acids is 2. The van der Waals surface area contributed by atoms with Crippen LogP contribution in [0.1, 0.15) is 65.7 Å². The Morgan fingerprint density at radius 2 is 1.60 bits per heavy atom. The summed E-state index contributed by atoms with van der Waals surface area (Å²) in [6.45, 7) is 6.50. The third-order valence-electron chi connectivity index (χ3n) is 6.22. The Bertz CT molecular complexity index is 697. The van der Waals surface area contributed by atoms with Gasteiger partial charge in [0.1, 0.15) is 0 Å². The van der Waals surface area contributed by atoms with E-state index in [1.807, 2.05) is 12.3 Å². The molecule has 0 spiro atoms. The topological polar surface area (TPSA) is 98.2 Å². The number of aliphatic hydroxyl groups is 1. The first kappa shape index (κ1) is 24.9. The molecule has 1 saturated heterocycles. The molecule has 1 unspecified atom stereocenters. The number of hydrogen-bond donors (Lipinski definition) is 2. The van der Waals surface area contributed by atoms with Crippen molar-refractivity contribution in [2.75, 3.05) is 6.54 Å². The predicted octanol–water partition coefficient (Wildman–Crippen LogP) is 3.62. The number of nitrogens with zero attached hydrogens (tertiary/aromatic N) is 2. The minimum atomic E-state index is -2.97. The van der Waals surface area contributed by atoms with E-state index in [0.717, 1.165) is 60.4 Å². The number of rotatable bonds is 12. The van der Waals surface area contributed by atoms with Crippen molar-refractivity contribution >= 4 is 36.2 Å². The maximum absolute atomic E-state index is 12.4. The van der Waals surface area contributed by atoms with Crippen molar-refractivity contribution in [2.45, 2.75) is 85.1 Å². The number of amides is 2. The summed E-state index contributed by atoms with van der Waals surface area (Å²) < 4.78 is 4.54. The van der Waals surface area contributed by atoms with Gasteiger partial charge < -0.3 is 0 Å². The van der Waals surface area contributed by atoms with Crippen LogP contribution in [-0.4, -0.2) is 69.0 Å². The number of carboxylic acids is 1. The number of carboxylic acid groups (broad SMARTS) is 1. The van der Waals surface area contributed by atoms with E-state index < -0.39 is 42.3 Å². The molecular weight excluding hydrogens is 491 g/mol. The first-order valence-corrected chi connectivity index (χ1v) is 18.7. The van der Waals surface area contributed by atoms with Gasteiger partial charge in [-0.15, -0.1) is 0 Å². The summed E-state index contributed by atoms with van der Waals surface area (Å²) in [4.78, 5) is 36.7. The molecule has 0 bridgehead atoms. The molecule has 2 aliphatic rings. The van der Waals surface area contributed by atoms with Crippen LogP contribution in [-0.2, 0) is 14.4 Å². The van der Waals surface area contributed by atoms with Crippen molar-refractivity contribution in [3.63, 3.8) is 0 Å². The molecule has 0 aromatic heterocycles. The van der Waals surface area contributed by atoms with E-state index in [2.05, 4.69) is 20.8 Å². The third kappa shape index (κ3) is 5.66. The summed E-state index contributed by atoms with van der Waals surface area (Å²) in [6.07, 6.45) is 8.78. The van der Waals surface area contributed by atoms with E-state index >= 15 is 0 Å². The Labute approximate surface area is 183 Å². The van der Waals surface area contributed by atoms with E-state index in [9.17, 15) is 24.6 Å². The van der Waals surface area contributed by atoms with E-state index in [1.54, 1.807) is 0 Å². The first-order chi connectivity index (χ1) is 14.3. The van der Waals surface area contributed by atoms with Gasteiger partial charge in [-0.05, 0) is 0 Å². The van der Waals surface area contributed by atoms with Crippen LogP contribution in [0.3, 0.4) is 0 Å². The van der Waals surface area contributed by atoms with Gasteiger partial charge >= 0.3 is 184 Å². The summed E-state index contributed by atoms with van der Waals surface area (Å²) in [7, 11) is 0. The summed E-state index contributed by atoms with van der Waals surface area (Å²) in [6, 6.07) is 0. The molecule has 7 nitrogen and oxygen atoms in total. The number of allylic oxidation sites excluding steroid dienone is 2. The average Bonchev–Trinajstić information content (AvgIpc) is 2.98. The van der Waals surface area contributed by atoms with Crippen LogP contribution in [0.25, 0.3) is 0 Å². The number of hydrogen-bond acceptors (Lipinski definition) is 5. The zero-order valence-electron chi connectivity index (χ0n) is 18.5. The van der Waals surface area contributed by atoms with E-state index in [4.69, 9.17) is 0 Å². The van der Waals surface area contributed by atoms with Crippen molar-refractivity contribution in [3.8, 4) is 0 Å². The molecule has 168 valence electrons. The molecule has 2 aliphatic heterocycles. The molecule has 1 atom stereocenters. The maximum atomic E-state index is 12.4. The van der Waals surface area contributed by atoms with Crippen molar-refractivity contribution in [2.24, 2.45) is 0 Å². The van der Waals surface area contributed by atoms with Gasteiger partial charge in [-0.1, -0.05) is 0 Å². The van der Waals surface area contributed by atoms with Gasteiger partial charge in [-0.2, -0.15) is 0 Å². The quantitative estimate of drug-likeness (QED) is 0.297. The van der Waals surface area contributed by atoms with Crippen LogP contribution in [0.5, 0.6) is 0 Å². The number of unbranched alkanes of at least 4 members (excludes halogenated alkanes) is 3.